The number of nitrogens with zero attached hydrogens (tertiary/aromatic N) is 2. The maximum Gasteiger partial charge on any atom is 0.240 e. The average Bonchev–Trinajstić information content (AvgIpc) is 3.28. The van der Waals surface area contributed by atoms with Crippen molar-refractivity contribution in [3.63, 3.8) is 0 Å². The van der Waals surface area contributed by atoms with Crippen LogP contribution in [0.2, 0.25) is 0 Å². The first-order valence-electron chi connectivity index (χ1n) is 6.58. The lowest BCUT2D eigenvalue weighted by Gasteiger charge is -2.16. The largest absolute Gasteiger partial charge is 0.370 e. The zero-order valence-corrected chi connectivity index (χ0v) is 12.3. The van der Waals surface area contributed by atoms with Crippen LogP contribution in [-0.2, 0) is 10.0 Å². The fourth-order valence-electron chi connectivity index (χ4n) is 1.79. The number of nitrogens with two attached hydrogens (primary N) is 1. The Balaban J connectivity index is 1.82. The van der Waals surface area contributed by atoms with Gasteiger partial charge in [-0.2, -0.15) is 0 Å². The van der Waals surface area contributed by atoms with Crippen molar-refractivity contribution in [3.8, 4) is 0 Å². The van der Waals surface area contributed by atoms with Gasteiger partial charge in [0.15, 0.2) is 5.96 Å². The second kappa shape index (κ2) is 6.23. The molecule has 0 bridgehead atoms. The first-order chi connectivity index (χ1) is 9.50. The van der Waals surface area contributed by atoms with E-state index >= 15 is 0 Å². The Bertz CT molecular complexity index is 567. The molecule has 0 atom stereocenters. The third kappa shape index (κ3) is 3.94. The average molecular weight is 296 g/mol. The molecule has 0 spiro atoms. The lowest BCUT2D eigenvalue weighted by molar-refractivity contribution is 0.487. The first-order valence-corrected chi connectivity index (χ1v) is 8.06. The highest BCUT2D eigenvalue weighted by atomic mass is 32.2. The predicted molar refractivity (Wildman–Crippen MR) is 78.9 cm³/mol. The van der Waals surface area contributed by atoms with Gasteiger partial charge in [0.1, 0.15) is 0 Å². The summed E-state index contributed by atoms with van der Waals surface area (Å²) < 4.78 is 26.4. The Morgan fingerprint density at radius 2 is 2.05 bits per heavy atom. The van der Waals surface area contributed by atoms with Gasteiger partial charge in [0.25, 0.3) is 0 Å². The summed E-state index contributed by atoms with van der Waals surface area (Å²) in [5.41, 5.74) is 5.82. The molecule has 0 aliphatic heterocycles. The fourth-order valence-corrected chi connectivity index (χ4v) is 2.84. The van der Waals surface area contributed by atoms with Gasteiger partial charge in [0, 0.05) is 19.6 Å². The fraction of sp³-hybridized carbons (Fsp3) is 0.462. The van der Waals surface area contributed by atoms with E-state index in [0.717, 1.165) is 12.8 Å². The number of rotatable bonds is 6. The zero-order chi connectivity index (χ0) is 14.6. The van der Waals surface area contributed by atoms with Crippen LogP contribution in [0.5, 0.6) is 0 Å². The van der Waals surface area contributed by atoms with E-state index in [1.54, 1.807) is 30.3 Å². The van der Waals surface area contributed by atoms with E-state index in [1.165, 1.54) is 0 Å². The number of benzene rings is 1. The van der Waals surface area contributed by atoms with Gasteiger partial charge in [-0.1, -0.05) is 18.2 Å². The van der Waals surface area contributed by atoms with E-state index in [2.05, 4.69) is 9.71 Å². The second-order valence-corrected chi connectivity index (χ2v) is 6.56. The summed E-state index contributed by atoms with van der Waals surface area (Å²) in [6.07, 6.45) is 2.29. The van der Waals surface area contributed by atoms with E-state index in [4.69, 9.17) is 5.73 Å². The number of hydrogen-bond donors (Lipinski definition) is 2. The topological polar surface area (TPSA) is 87.8 Å². The molecule has 1 aliphatic carbocycles. The third-order valence-corrected chi connectivity index (χ3v) is 4.66. The number of guanidine groups is 1. The van der Waals surface area contributed by atoms with Crippen LogP contribution in [-0.4, -0.2) is 45.5 Å². The Morgan fingerprint density at radius 3 is 2.65 bits per heavy atom. The third-order valence-electron chi connectivity index (χ3n) is 3.19. The summed E-state index contributed by atoms with van der Waals surface area (Å²) in [6, 6.07) is 8.77. The van der Waals surface area contributed by atoms with Gasteiger partial charge in [0.2, 0.25) is 10.0 Å². The quantitative estimate of drug-likeness (QED) is 0.451. The number of aliphatic imine (C=N–C) groups is 1. The van der Waals surface area contributed by atoms with E-state index in [9.17, 15) is 8.42 Å². The zero-order valence-electron chi connectivity index (χ0n) is 11.5. The minimum absolute atomic E-state index is 0.233. The molecule has 0 heterocycles. The van der Waals surface area contributed by atoms with Gasteiger partial charge >= 0.3 is 0 Å². The van der Waals surface area contributed by atoms with Gasteiger partial charge in [-0.05, 0) is 25.0 Å². The molecule has 6 nitrogen and oxygen atoms in total. The summed E-state index contributed by atoms with van der Waals surface area (Å²) in [5, 5.41) is 0. The molecule has 7 heteroatoms. The van der Waals surface area contributed by atoms with Crippen LogP contribution in [0.15, 0.2) is 40.2 Å². The smallest absolute Gasteiger partial charge is 0.240 e. The van der Waals surface area contributed by atoms with Gasteiger partial charge in [0.05, 0.1) is 11.4 Å². The second-order valence-electron chi connectivity index (χ2n) is 4.79. The van der Waals surface area contributed by atoms with Crippen LogP contribution in [0.3, 0.4) is 0 Å². The van der Waals surface area contributed by atoms with Gasteiger partial charge < -0.3 is 10.6 Å². The summed E-state index contributed by atoms with van der Waals surface area (Å²) in [6.45, 7) is 0.561. The standard InChI is InChI=1S/C13H20N4O2S/c1-17(11-7-8-11)13(14)15-9-10-16-20(18,19)12-5-3-2-4-6-12/h2-6,11,16H,7-10H2,1H3,(H2,14,15). The lowest BCUT2D eigenvalue weighted by atomic mass is 10.4. The Labute approximate surface area is 119 Å². The first kappa shape index (κ1) is 14.8. The van der Waals surface area contributed by atoms with Crippen LogP contribution in [0.1, 0.15) is 12.8 Å². The van der Waals surface area contributed by atoms with Crippen molar-refractivity contribution in [2.24, 2.45) is 10.7 Å². The SMILES string of the molecule is CN(C(N)=NCCNS(=O)(=O)c1ccccc1)C1CC1. The molecular formula is C13H20N4O2S. The summed E-state index contributed by atoms with van der Waals surface area (Å²) in [7, 11) is -1.55. The molecule has 1 fully saturated rings. The van der Waals surface area contributed by atoms with Crippen LogP contribution in [0.4, 0.5) is 0 Å². The van der Waals surface area contributed by atoms with Gasteiger partial charge in [-0.15, -0.1) is 0 Å². The Morgan fingerprint density at radius 1 is 1.40 bits per heavy atom. The normalized spacial score (nSPS) is 16.1. The van der Waals surface area contributed by atoms with Crippen molar-refractivity contribution >= 4 is 16.0 Å². The van der Waals surface area contributed by atoms with Crippen LogP contribution in [0, 0.1) is 0 Å². The lowest BCUT2D eigenvalue weighted by Crippen LogP contribution is -2.36. The summed E-state index contributed by atoms with van der Waals surface area (Å²) in [5.74, 6) is 0.464. The highest BCUT2D eigenvalue weighted by Crippen LogP contribution is 2.24. The maximum atomic E-state index is 11.9. The van der Waals surface area contributed by atoms with E-state index in [0.29, 0.717) is 18.5 Å². The molecule has 0 saturated heterocycles. The van der Waals surface area contributed by atoms with Crippen molar-refractivity contribution in [3.05, 3.63) is 30.3 Å². The van der Waals surface area contributed by atoms with Gasteiger partial charge in [-0.25, -0.2) is 13.1 Å². The van der Waals surface area contributed by atoms with Crippen molar-refractivity contribution in [1.29, 1.82) is 0 Å². The number of hydrogen-bond acceptors (Lipinski definition) is 3. The molecule has 3 N–H and O–H groups in total. The summed E-state index contributed by atoms with van der Waals surface area (Å²) >= 11 is 0. The Hall–Kier alpha value is -1.60. The van der Waals surface area contributed by atoms with Crippen molar-refractivity contribution in [2.75, 3.05) is 20.1 Å². The monoisotopic (exact) mass is 296 g/mol. The van der Waals surface area contributed by atoms with Gasteiger partial charge in [-0.3, -0.25) is 4.99 Å². The van der Waals surface area contributed by atoms with Crippen LogP contribution >= 0.6 is 0 Å². The molecule has 1 saturated carbocycles. The molecule has 1 aliphatic rings. The van der Waals surface area contributed by atoms with E-state index < -0.39 is 10.0 Å². The van der Waals surface area contributed by atoms with Crippen LogP contribution < -0.4 is 10.5 Å². The minimum Gasteiger partial charge on any atom is -0.370 e. The van der Waals surface area contributed by atoms with Crippen molar-refractivity contribution < 1.29 is 8.42 Å². The molecular weight excluding hydrogens is 276 g/mol. The molecule has 1 aromatic rings. The minimum atomic E-state index is -3.46. The van der Waals surface area contributed by atoms with Crippen LogP contribution in [0.25, 0.3) is 0 Å². The molecule has 0 amide bonds. The molecule has 0 aromatic heterocycles. The van der Waals surface area contributed by atoms with E-state index in [1.807, 2.05) is 11.9 Å². The van der Waals surface area contributed by atoms with Crippen molar-refractivity contribution in [2.45, 2.75) is 23.8 Å². The predicted octanol–water partition coefficient (Wildman–Crippen LogP) is 0.374. The number of sulfonamides is 1. The molecule has 110 valence electrons. The van der Waals surface area contributed by atoms with E-state index in [-0.39, 0.29) is 11.4 Å². The highest BCUT2D eigenvalue weighted by Gasteiger charge is 2.27. The molecule has 20 heavy (non-hydrogen) atoms. The maximum absolute atomic E-state index is 11.9. The van der Waals surface area contributed by atoms with Crippen molar-refractivity contribution in [1.82, 2.24) is 9.62 Å². The number of nitrogens with one attached hydrogen (secondary N) is 1. The highest BCUT2D eigenvalue weighted by molar-refractivity contribution is 7.89. The molecule has 0 unspecified atom stereocenters. The molecule has 0 radical (unpaired) electrons. The Kier molecular flexibility index (Phi) is 4.61. The molecule has 2 rings (SSSR count). The summed E-state index contributed by atoms with van der Waals surface area (Å²) in [4.78, 5) is 6.37. The molecule has 1 aromatic carbocycles.